The van der Waals surface area contributed by atoms with Crippen LogP contribution in [-0.4, -0.2) is 28.0 Å². The molecular weight excluding hydrogens is 541 g/mol. The monoisotopic (exact) mass is 568 g/mol. The van der Waals surface area contributed by atoms with E-state index < -0.39 is 40.3 Å². The first kappa shape index (κ1) is 28.7. The Kier molecular flexibility index (Phi) is 8.49. The molecule has 0 saturated carbocycles. The van der Waals surface area contributed by atoms with Gasteiger partial charge in [0.2, 0.25) is 5.91 Å². The molecule has 0 atom stereocenters. The Hall–Kier alpha value is -4.31. The number of sulfonamides is 1. The molecule has 0 aromatic heterocycles. The van der Waals surface area contributed by atoms with Crippen LogP contribution in [0.25, 0.3) is 0 Å². The Morgan fingerprint density at radius 1 is 0.875 bits per heavy atom. The number of carbonyl (C=O) groups excluding carboxylic acids is 1. The van der Waals surface area contributed by atoms with Crippen LogP contribution < -0.4 is 14.4 Å². The minimum atomic E-state index is -4.72. The van der Waals surface area contributed by atoms with E-state index in [1.54, 1.807) is 37.3 Å². The predicted molar refractivity (Wildman–Crippen MR) is 147 cm³/mol. The first-order chi connectivity index (χ1) is 19.0. The zero-order chi connectivity index (χ0) is 28.9. The molecule has 0 radical (unpaired) electrons. The molecule has 1 N–H and O–H groups in total. The number of benzene rings is 4. The molecule has 0 unspecified atom stereocenters. The minimum Gasteiger partial charge on any atom is -0.495 e. The van der Waals surface area contributed by atoms with E-state index in [1.165, 1.54) is 25.3 Å². The molecule has 208 valence electrons. The lowest BCUT2D eigenvalue weighted by atomic mass is 9.99. The van der Waals surface area contributed by atoms with Crippen LogP contribution in [0, 0.1) is 6.92 Å². The summed E-state index contributed by atoms with van der Waals surface area (Å²) in [4.78, 5) is 13.2. The largest absolute Gasteiger partial charge is 0.495 e. The van der Waals surface area contributed by atoms with Crippen LogP contribution in [0.2, 0.25) is 0 Å². The Bertz CT molecular complexity index is 1540. The van der Waals surface area contributed by atoms with Crippen molar-refractivity contribution < 1.29 is 31.1 Å². The summed E-state index contributed by atoms with van der Waals surface area (Å²) in [6.45, 7) is 0.890. The number of nitrogens with one attached hydrogen (secondary N) is 1. The Morgan fingerprint density at radius 2 is 1.48 bits per heavy atom. The summed E-state index contributed by atoms with van der Waals surface area (Å²) in [5.41, 5.74) is 0.713. The van der Waals surface area contributed by atoms with Crippen molar-refractivity contribution in [1.82, 2.24) is 5.32 Å². The zero-order valence-electron chi connectivity index (χ0n) is 21.7. The first-order valence-electron chi connectivity index (χ1n) is 12.2. The molecule has 4 aromatic carbocycles. The maximum atomic E-state index is 14.0. The van der Waals surface area contributed by atoms with Gasteiger partial charge in [-0.3, -0.25) is 9.10 Å². The maximum absolute atomic E-state index is 14.0. The van der Waals surface area contributed by atoms with Crippen LogP contribution >= 0.6 is 0 Å². The van der Waals surface area contributed by atoms with Gasteiger partial charge >= 0.3 is 6.18 Å². The van der Waals surface area contributed by atoms with Gasteiger partial charge in [0.1, 0.15) is 17.2 Å². The average Bonchev–Trinajstić information content (AvgIpc) is 2.95. The SMILES string of the molecule is COc1ccc(C)cc1S(=O)(=O)N(CC(=O)NC(c1ccccc1)c1ccccc1)c1cccc(C(F)(F)F)c1. The van der Waals surface area contributed by atoms with Crippen molar-refractivity contribution >= 4 is 21.6 Å². The Morgan fingerprint density at radius 3 is 2.02 bits per heavy atom. The molecule has 0 aliphatic carbocycles. The van der Waals surface area contributed by atoms with Gasteiger partial charge in [0.25, 0.3) is 10.0 Å². The number of halogens is 3. The molecular formula is C30H27F3N2O4S. The molecule has 10 heteroatoms. The van der Waals surface area contributed by atoms with Gasteiger partial charge in [-0.1, -0.05) is 72.8 Å². The van der Waals surface area contributed by atoms with Gasteiger partial charge in [-0.2, -0.15) is 13.2 Å². The van der Waals surface area contributed by atoms with Crippen molar-refractivity contribution in [3.63, 3.8) is 0 Å². The van der Waals surface area contributed by atoms with E-state index in [9.17, 15) is 26.4 Å². The lowest BCUT2D eigenvalue weighted by Gasteiger charge is -2.27. The number of aryl methyl sites for hydroxylation is 1. The Balaban J connectivity index is 1.78. The quantitative estimate of drug-likeness (QED) is 0.264. The number of ether oxygens (including phenoxy) is 1. The van der Waals surface area contributed by atoms with Gasteiger partial charge < -0.3 is 10.1 Å². The van der Waals surface area contributed by atoms with Crippen molar-refractivity contribution in [1.29, 1.82) is 0 Å². The van der Waals surface area contributed by atoms with Crippen LogP contribution in [0.5, 0.6) is 5.75 Å². The van der Waals surface area contributed by atoms with Crippen LogP contribution in [0.15, 0.2) is 108 Å². The maximum Gasteiger partial charge on any atom is 0.416 e. The summed E-state index contributed by atoms with van der Waals surface area (Å²) in [6.07, 6.45) is -4.72. The predicted octanol–water partition coefficient (Wildman–Crippen LogP) is 6.12. The number of methoxy groups -OCH3 is 1. The topological polar surface area (TPSA) is 75.7 Å². The summed E-state index contributed by atoms with van der Waals surface area (Å²) in [5.74, 6) is -0.722. The van der Waals surface area contributed by atoms with Gasteiger partial charge in [0.05, 0.1) is 24.4 Å². The fourth-order valence-electron chi connectivity index (χ4n) is 4.24. The second-order valence-corrected chi connectivity index (χ2v) is 10.9. The second-order valence-electron chi connectivity index (χ2n) is 9.04. The standard InChI is InChI=1S/C30H27F3N2O4S/c1-21-16-17-26(39-2)27(18-21)40(37,38)35(25-15-9-14-24(19-25)30(31,32)33)20-28(36)34-29(22-10-5-3-6-11-22)23-12-7-4-8-13-23/h3-19,29H,20H2,1-2H3,(H,34,36). The number of carbonyl (C=O) groups is 1. The highest BCUT2D eigenvalue weighted by Gasteiger charge is 2.34. The molecule has 0 aliphatic rings. The highest BCUT2D eigenvalue weighted by Crippen LogP contribution is 2.35. The molecule has 0 fully saturated rings. The average molecular weight is 569 g/mol. The molecule has 0 saturated heterocycles. The lowest BCUT2D eigenvalue weighted by molar-refractivity contribution is -0.137. The van der Waals surface area contributed by atoms with E-state index in [4.69, 9.17) is 4.74 Å². The lowest BCUT2D eigenvalue weighted by Crippen LogP contribution is -2.42. The summed E-state index contributed by atoms with van der Waals surface area (Å²) in [7, 11) is -3.27. The van der Waals surface area contributed by atoms with Gasteiger partial charge in [-0.05, 0) is 53.9 Å². The normalized spacial score (nSPS) is 11.8. The summed E-state index contributed by atoms with van der Waals surface area (Å²) >= 11 is 0. The van der Waals surface area contributed by atoms with Gasteiger partial charge in [-0.15, -0.1) is 0 Å². The third kappa shape index (κ3) is 6.45. The first-order valence-corrected chi connectivity index (χ1v) is 13.7. The van der Waals surface area contributed by atoms with E-state index >= 15 is 0 Å². The van der Waals surface area contributed by atoms with Crippen molar-refractivity contribution in [3.8, 4) is 5.75 Å². The third-order valence-electron chi connectivity index (χ3n) is 6.21. The summed E-state index contributed by atoms with van der Waals surface area (Å²) in [6, 6.07) is 25.8. The number of rotatable bonds is 9. The van der Waals surface area contributed by atoms with Gasteiger partial charge in [0.15, 0.2) is 0 Å². The van der Waals surface area contributed by atoms with Crippen LogP contribution in [0.1, 0.15) is 28.3 Å². The minimum absolute atomic E-state index is 0.00516. The van der Waals surface area contributed by atoms with E-state index in [2.05, 4.69) is 5.32 Å². The van der Waals surface area contributed by atoms with E-state index in [0.717, 1.165) is 23.3 Å². The van der Waals surface area contributed by atoms with Crippen molar-refractivity contribution in [2.45, 2.75) is 24.0 Å². The second kappa shape index (κ2) is 11.8. The van der Waals surface area contributed by atoms with E-state index in [-0.39, 0.29) is 16.3 Å². The molecule has 0 heterocycles. The van der Waals surface area contributed by atoms with Gasteiger partial charge in [0, 0.05) is 0 Å². The number of nitrogens with zero attached hydrogens (tertiary/aromatic N) is 1. The molecule has 4 aromatic rings. The number of amides is 1. The van der Waals surface area contributed by atoms with Crippen LogP contribution in [0.4, 0.5) is 18.9 Å². The third-order valence-corrected chi connectivity index (χ3v) is 8.00. The highest BCUT2D eigenvalue weighted by molar-refractivity contribution is 7.93. The smallest absolute Gasteiger partial charge is 0.416 e. The van der Waals surface area contributed by atoms with E-state index in [0.29, 0.717) is 15.9 Å². The molecule has 0 aliphatic heterocycles. The highest BCUT2D eigenvalue weighted by atomic mass is 32.2. The van der Waals surface area contributed by atoms with Crippen LogP contribution in [-0.2, 0) is 21.0 Å². The molecule has 1 amide bonds. The van der Waals surface area contributed by atoms with E-state index in [1.807, 2.05) is 36.4 Å². The fraction of sp³-hybridized carbons (Fsp3) is 0.167. The van der Waals surface area contributed by atoms with Crippen molar-refractivity contribution in [3.05, 3.63) is 125 Å². The molecule has 4 rings (SSSR count). The van der Waals surface area contributed by atoms with Gasteiger partial charge in [-0.25, -0.2) is 8.42 Å². The fourth-order valence-corrected chi connectivity index (χ4v) is 5.90. The molecule has 40 heavy (non-hydrogen) atoms. The van der Waals surface area contributed by atoms with Crippen molar-refractivity contribution in [2.24, 2.45) is 0 Å². The molecule has 0 bridgehead atoms. The van der Waals surface area contributed by atoms with Crippen LogP contribution in [0.3, 0.4) is 0 Å². The Labute approximate surface area is 231 Å². The number of hydrogen-bond donors (Lipinski definition) is 1. The number of anilines is 1. The number of hydrogen-bond acceptors (Lipinski definition) is 4. The zero-order valence-corrected chi connectivity index (χ0v) is 22.5. The summed E-state index contributed by atoms with van der Waals surface area (Å²) < 4.78 is 74.6. The number of alkyl halides is 3. The van der Waals surface area contributed by atoms with Crippen molar-refractivity contribution in [2.75, 3.05) is 18.0 Å². The summed E-state index contributed by atoms with van der Waals surface area (Å²) in [5, 5.41) is 2.86. The molecule has 0 spiro atoms. The molecule has 6 nitrogen and oxygen atoms in total.